The Morgan fingerprint density at radius 1 is 1.42 bits per heavy atom. The Bertz CT molecular complexity index is 676. The van der Waals surface area contributed by atoms with Gasteiger partial charge in [0.15, 0.2) is 0 Å². The summed E-state index contributed by atoms with van der Waals surface area (Å²) in [5.41, 5.74) is 0.867. The van der Waals surface area contributed by atoms with Crippen molar-refractivity contribution in [3.63, 3.8) is 0 Å². The zero-order valence-corrected chi connectivity index (χ0v) is 14.2. The normalized spacial score (nSPS) is 29.3. The molecule has 1 fully saturated rings. The van der Waals surface area contributed by atoms with E-state index in [9.17, 15) is 14.7 Å². The molecule has 0 unspecified atom stereocenters. The number of benzene rings is 1. The van der Waals surface area contributed by atoms with E-state index in [0.717, 1.165) is 5.56 Å². The summed E-state index contributed by atoms with van der Waals surface area (Å²) in [4.78, 5) is 26.5. The van der Waals surface area contributed by atoms with Gasteiger partial charge in [0, 0.05) is 37.1 Å². The molecule has 4 atom stereocenters. The standard InChI is InChI=1S/C18H21ClN2O3/c1-21-16(23)9-15(17(21)12-3-2-4-13(19)8-12)18(24)20-14-6-5-11(7-14)10-22/h2-6,8,11,14-15,17,22H,7,9-10H2,1H3,(H,20,24)/t11-,14+,15-,17-/m0/s1. The summed E-state index contributed by atoms with van der Waals surface area (Å²) < 4.78 is 0. The highest BCUT2D eigenvalue weighted by Gasteiger charge is 2.43. The average molecular weight is 349 g/mol. The van der Waals surface area contributed by atoms with E-state index in [2.05, 4.69) is 5.32 Å². The summed E-state index contributed by atoms with van der Waals surface area (Å²) in [7, 11) is 1.72. The molecule has 1 aliphatic heterocycles. The summed E-state index contributed by atoms with van der Waals surface area (Å²) in [6, 6.07) is 6.90. The van der Waals surface area contributed by atoms with E-state index in [1.165, 1.54) is 0 Å². The highest BCUT2D eigenvalue weighted by molar-refractivity contribution is 6.30. The minimum absolute atomic E-state index is 0.0460. The molecule has 1 aromatic rings. The van der Waals surface area contributed by atoms with E-state index >= 15 is 0 Å². The first-order valence-corrected chi connectivity index (χ1v) is 8.48. The van der Waals surface area contributed by atoms with Crippen LogP contribution in [0.3, 0.4) is 0 Å². The van der Waals surface area contributed by atoms with Gasteiger partial charge in [-0.2, -0.15) is 0 Å². The molecule has 6 heteroatoms. The SMILES string of the molecule is CN1C(=O)C[C@H](C(=O)N[C@@H]2C=C[C@H](CO)C2)[C@@H]1c1cccc(Cl)c1. The molecule has 24 heavy (non-hydrogen) atoms. The third kappa shape index (κ3) is 3.32. The minimum atomic E-state index is -0.442. The van der Waals surface area contributed by atoms with E-state index < -0.39 is 5.92 Å². The summed E-state index contributed by atoms with van der Waals surface area (Å²) >= 11 is 6.07. The third-order valence-electron chi connectivity index (χ3n) is 4.85. The van der Waals surface area contributed by atoms with Crippen LogP contribution in [-0.4, -0.2) is 41.5 Å². The number of carbonyl (C=O) groups excluding carboxylic acids is 2. The van der Waals surface area contributed by atoms with Gasteiger partial charge < -0.3 is 15.3 Å². The second-order valence-corrected chi connectivity index (χ2v) is 6.93. The van der Waals surface area contributed by atoms with Crippen LogP contribution in [0.1, 0.15) is 24.4 Å². The monoisotopic (exact) mass is 348 g/mol. The van der Waals surface area contributed by atoms with E-state index in [-0.39, 0.29) is 42.8 Å². The van der Waals surface area contributed by atoms with Crippen LogP contribution in [0.5, 0.6) is 0 Å². The summed E-state index contributed by atoms with van der Waals surface area (Å²) in [6.45, 7) is 0.0820. The van der Waals surface area contributed by atoms with Gasteiger partial charge in [-0.1, -0.05) is 35.9 Å². The molecule has 1 aliphatic carbocycles. The van der Waals surface area contributed by atoms with Crippen molar-refractivity contribution < 1.29 is 14.7 Å². The molecule has 5 nitrogen and oxygen atoms in total. The number of carbonyl (C=O) groups is 2. The van der Waals surface area contributed by atoms with Gasteiger partial charge in [-0.3, -0.25) is 9.59 Å². The van der Waals surface area contributed by atoms with Gasteiger partial charge >= 0.3 is 0 Å². The van der Waals surface area contributed by atoms with Crippen LogP contribution in [0.4, 0.5) is 0 Å². The Balaban J connectivity index is 1.76. The van der Waals surface area contributed by atoms with E-state index in [4.69, 9.17) is 11.6 Å². The van der Waals surface area contributed by atoms with Gasteiger partial charge in [0.05, 0.1) is 12.0 Å². The molecule has 0 saturated carbocycles. The lowest BCUT2D eigenvalue weighted by Crippen LogP contribution is -2.39. The van der Waals surface area contributed by atoms with Gasteiger partial charge in [-0.25, -0.2) is 0 Å². The molecule has 2 amide bonds. The van der Waals surface area contributed by atoms with Crippen molar-refractivity contribution in [2.24, 2.45) is 11.8 Å². The first-order valence-electron chi connectivity index (χ1n) is 8.10. The zero-order valence-electron chi connectivity index (χ0n) is 13.5. The Morgan fingerprint density at radius 2 is 2.21 bits per heavy atom. The van der Waals surface area contributed by atoms with Crippen molar-refractivity contribution in [3.05, 3.63) is 47.0 Å². The van der Waals surface area contributed by atoms with Crippen molar-refractivity contribution in [2.75, 3.05) is 13.7 Å². The molecule has 1 aromatic carbocycles. The molecule has 1 saturated heterocycles. The molecule has 0 bridgehead atoms. The smallest absolute Gasteiger partial charge is 0.226 e. The number of hydrogen-bond acceptors (Lipinski definition) is 3. The number of rotatable bonds is 4. The molecule has 2 aliphatic rings. The molecule has 2 N–H and O–H groups in total. The van der Waals surface area contributed by atoms with E-state index in [1.54, 1.807) is 24.1 Å². The van der Waals surface area contributed by atoms with Crippen LogP contribution in [0.25, 0.3) is 0 Å². The van der Waals surface area contributed by atoms with Crippen LogP contribution in [0.15, 0.2) is 36.4 Å². The summed E-state index contributed by atoms with van der Waals surface area (Å²) in [5.74, 6) is -0.532. The Kier molecular flexibility index (Phi) is 4.92. The Labute approximate surface area is 146 Å². The van der Waals surface area contributed by atoms with Crippen molar-refractivity contribution in [1.29, 1.82) is 0 Å². The number of aliphatic hydroxyl groups excluding tert-OH is 1. The molecular weight excluding hydrogens is 328 g/mol. The van der Waals surface area contributed by atoms with Crippen molar-refractivity contribution in [2.45, 2.75) is 24.9 Å². The van der Waals surface area contributed by atoms with E-state index in [0.29, 0.717) is 11.4 Å². The fourth-order valence-corrected chi connectivity index (χ4v) is 3.76. The Hall–Kier alpha value is -1.85. The number of nitrogens with zero attached hydrogens (tertiary/aromatic N) is 1. The lowest BCUT2D eigenvalue weighted by atomic mass is 9.92. The number of hydrogen-bond donors (Lipinski definition) is 2. The van der Waals surface area contributed by atoms with Crippen molar-refractivity contribution in [3.8, 4) is 0 Å². The zero-order chi connectivity index (χ0) is 17.3. The maximum absolute atomic E-state index is 12.7. The Morgan fingerprint density at radius 3 is 2.88 bits per heavy atom. The van der Waals surface area contributed by atoms with Gasteiger partial charge in [-0.05, 0) is 24.1 Å². The van der Waals surface area contributed by atoms with Crippen molar-refractivity contribution >= 4 is 23.4 Å². The maximum atomic E-state index is 12.7. The van der Waals surface area contributed by atoms with Crippen LogP contribution in [0, 0.1) is 11.8 Å². The topological polar surface area (TPSA) is 69.6 Å². The first-order chi connectivity index (χ1) is 11.5. The van der Waals surface area contributed by atoms with Gasteiger partial charge in [0.2, 0.25) is 11.8 Å². The molecule has 128 valence electrons. The largest absolute Gasteiger partial charge is 0.396 e. The predicted molar refractivity (Wildman–Crippen MR) is 91.3 cm³/mol. The first kappa shape index (κ1) is 17.0. The second-order valence-electron chi connectivity index (χ2n) is 6.49. The summed E-state index contributed by atoms with van der Waals surface area (Å²) in [5, 5.41) is 12.8. The molecular formula is C18H21ClN2O3. The number of aliphatic hydroxyl groups is 1. The fraction of sp³-hybridized carbons (Fsp3) is 0.444. The number of halogens is 1. The van der Waals surface area contributed by atoms with Crippen LogP contribution in [-0.2, 0) is 9.59 Å². The quantitative estimate of drug-likeness (QED) is 0.817. The van der Waals surface area contributed by atoms with Crippen LogP contribution < -0.4 is 5.32 Å². The predicted octanol–water partition coefficient (Wildman–Crippen LogP) is 1.91. The van der Waals surface area contributed by atoms with Gasteiger partial charge in [0.1, 0.15) is 0 Å². The van der Waals surface area contributed by atoms with Crippen molar-refractivity contribution in [1.82, 2.24) is 10.2 Å². The number of amides is 2. The molecule has 0 radical (unpaired) electrons. The summed E-state index contributed by atoms with van der Waals surface area (Å²) in [6.07, 6.45) is 4.72. The fourth-order valence-electron chi connectivity index (χ4n) is 3.56. The lowest BCUT2D eigenvalue weighted by Gasteiger charge is -2.26. The number of nitrogens with one attached hydrogen (secondary N) is 1. The van der Waals surface area contributed by atoms with Gasteiger partial charge in [0.25, 0.3) is 0 Å². The lowest BCUT2D eigenvalue weighted by molar-refractivity contribution is -0.128. The van der Waals surface area contributed by atoms with E-state index in [1.807, 2.05) is 24.3 Å². The minimum Gasteiger partial charge on any atom is -0.396 e. The highest BCUT2D eigenvalue weighted by Crippen LogP contribution is 2.38. The molecule has 0 aromatic heterocycles. The van der Waals surface area contributed by atoms with Crippen LogP contribution in [0.2, 0.25) is 5.02 Å². The van der Waals surface area contributed by atoms with Gasteiger partial charge in [-0.15, -0.1) is 0 Å². The average Bonchev–Trinajstić information content (AvgIpc) is 3.12. The molecule has 3 rings (SSSR count). The highest BCUT2D eigenvalue weighted by atomic mass is 35.5. The maximum Gasteiger partial charge on any atom is 0.226 e. The third-order valence-corrected chi connectivity index (χ3v) is 5.08. The van der Waals surface area contributed by atoms with Crippen LogP contribution >= 0.6 is 11.6 Å². The molecule has 0 spiro atoms. The molecule has 1 heterocycles. The number of likely N-dealkylation sites (tertiary alicyclic amines) is 1. The second kappa shape index (κ2) is 6.95.